The number of rotatable bonds is 3. The van der Waals surface area contributed by atoms with E-state index >= 15 is 0 Å². The maximum Gasteiger partial charge on any atom is 0.182 e. The lowest BCUT2D eigenvalue weighted by Crippen LogP contribution is -2.41. The van der Waals surface area contributed by atoms with E-state index in [1.165, 1.54) is 55.5 Å². The van der Waals surface area contributed by atoms with E-state index in [1.54, 1.807) is 13.8 Å². The van der Waals surface area contributed by atoms with Gasteiger partial charge < -0.3 is 11.9 Å². The van der Waals surface area contributed by atoms with Crippen molar-refractivity contribution in [3.8, 4) is 0 Å². The average Bonchev–Trinajstić information content (AvgIpc) is 2.47. The molecular weight excluding hydrogens is 326 g/mol. The second-order valence-electron chi connectivity index (χ2n) is 5.62. The lowest BCUT2D eigenvalue weighted by Gasteiger charge is -2.16. The van der Waals surface area contributed by atoms with Crippen molar-refractivity contribution in [1.82, 2.24) is 6.15 Å². The zero-order valence-electron chi connectivity index (χ0n) is 14.0. The van der Waals surface area contributed by atoms with Crippen molar-refractivity contribution in [1.29, 1.82) is 0 Å². The molecule has 0 aromatic heterocycles. The molecule has 0 amide bonds. The van der Waals surface area contributed by atoms with Gasteiger partial charge in [-0.3, -0.25) is 9.59 Å². The fourth-order valence-electron chi connectivity index (χ4n) is 1.66. The van der Waals surface area contributed by atoms with Gasteiger partial charge in [-0.2, -0.15) is 0 Å². The number of benzene rings is 2. The normalized spacial score (nSPS) is 9.68. The van der Waals surface area contributed by atoms with Gasteiger partial charge in [-0.1, -0.05) is 7.43 Å². The van der Waals surface area contributed by atoms with Crippen LogP contribution < -0.4 is 11.9 Å². The highest BCUT2D eigenvalue weighted by Gasteiger charge is 2.22. The van der Waals surface area contributed by atoms with E-state index in [9.17, 15) is 18.4 Å². The molecule has 2 aromatic carbocycles. The summed E-state index contributed by atoms with van der Waals surface area (Å²) in [7, 11) is 0. The van der Waals surface area contributed by atoms with Crippen LogP contribution in [0.2, 0.25) is 0 Å². The number of hydrogen-bond acceptors (Lipinski definition) is 4. The van der Waals surface area contributed by atoms with E-state index in [0.29, 0.717) is 11.1 Å². The predicted octanol–water partition coefficient (Wildman–Crippen LogP) is 4.57. The molecule has 0 fully saturated rings. The third-order valence-electron chi connectivity index (χ3n) is 2.94. The van der Waals surface area contributed by atoms with Crippen molar-refractivity contribution < 1.29 is 18.4 Å². The summed E-state index contributed by atoms with van der Waals surface area (Å²) in [6.45, 7) is 4.70. The summed E-state index contributed by atoms with van der Waals surface area (Å²) < 4.78 is 24.7. The SMILES string of the molecule is C.CC(=O)c1ccc(F)cc1.CC(C)(N)C(=O)c1ccc(F)cc1.N. The minimum atomic E-state index is -0.905. The van der Waals surface area contributed by atoms with E-state index in [1.807, 2.05) is 0 Å². The Bertz CT molecular complexity index is 676. The van der Waals surface area contributed by atoms with Gasteiger partial charge in [0.25, 0.3) is 0 Å². The summed E-state index contributed by atoms with van der Waals surface area (Å²) in [6.07, 6.45) is 0. The first-order valence-electron chi connectivity index (χ1n) is 6.97. The topological polar surface area (TPSA) is 95.2 Å². The Morgan fingerprint density at radius 3 is 1.44 bits per heavy atom. The van der Waals surface area contributed by atoms with Crippen molar-refractivity contribution in [3.63, 3.8) is 0 Å². The predicted molar refractivity (Wildman–Crippen MR) is 97.2 cm³/mol. The van der Waals surface area contributed by atoms with Gasteiger partial charge in [0, 0.05) is 11.1 Å². The van der Waals surface area contributed by atoms with E-state index < -0.39 is 5.54 Å². The molecule has 2 aromatic rings. The molecule has 0 aliphatic rings. The van der Waals surface area contributed by atoms with Gasteiger partial charge in [-0.05, 0) is 69.3 Å². The van der Waals surface area contributed by atoms with Crippen LogP contribution in [-0.4, -0.2) is 17.1 Å². The van der Waals surface area contributed by atoms with Crippen molar-refractivity contribution in [3.05, 3.63) is 71.3 Å². The quantitative estimate of drug-likeness (QED) is 0.791. The van der Waals surface area contributed by atoms with Crippen LogP contribution in [0, 0.1) is 11.6 Å². The standard InChI is InChI=1S/C10H12FNO.C8H7FO.CH4.H3N/c1-10(2,12)9(13)7-3-5-8(11)6-4-7;1-6(10)7-2-4-8(9)5-3-7;;/h3-6H,12H2,1-2H3;2-5H,1H3;1H4;1H3. The Labute approximate surface area is 147 Å². The molecule has 0 spiro atoms. The van der Waals surface area contributed by atoms with Gasteiger partial charge in [-0.25, -0.2) is 8.78 Å². The second kappa shape index (κ2) is 10.4. The van der Waals surface area contributed by atoms with Gasteiger partial charge >= 0.3 is 0 Å². The van der Waals surface area contributed by atoms with Gasteiger partial charge in [0.05, 0.1) is 5.54 Å². The number of halogens is 2. The number of carbonyl (C=O) groups is 2. The molecule has 4 nitrogen and oxygen atoms in total. The first-order chi connectivity index (χ1) is 10.6. The van der Waals surface area contributed by atoms with E-state index in [4.69, 9.17) is 5.73 Å². The van der Waals surface area contributed by atoms with Crippen molar-refractivity contribution in [2.75, 3.05) is 0 Å². The van der Waals surface area contributed by atoms with Crippen LogP contribution in [0.5, 0.6) is 0 Å². The lowest BCUT2D eigenvalue weighted by molar-refractivity contribution is 0.0913. The van der Waals surface area contributed by atoms with E-state index in [2.05, 4.69) is 0 Å². The number of ketones is 2. The fraction of sp³-hybridized carbons (Fsp3) is 0.263. The van der Waals surface area contributed by atoms with Crippen LogP contribution in [0.15, 0.2) is 48.5 Å². The Hall–Kier alpha value is -2.44. The fourth-order valence-corrected chi connectivity index (χ4v) is 1.66. The van der Waals surface area contributed by atoms with Crippen LogP contribution in [0.4, 0.5) is 8.78 Å². The van der Waals surface area contributed by atoms with Gasteiger partial charge in [-0.15, -0.1) is 0 Å². The van der Waals surface area contributed by atoms with Gasteiger partial charge in [0.1, 0.15) is 11.6 Å². The number of Topliss-reactive ketones (excluding diaryl/α,β-unsaturated/α-hetero) is 2. The first-order valence-corrected chi connectivity index (χ1v) is 6.97. The highest BCUT2D eigenvalue weighted by Crippen LogP contribution is 2.10. The summed E-state index contributed by atoms with van der Waals surface area (Å²) in [5.74, 6) is -0.899. The molecule has 25 heavy (non-hydrogen) atoms. The Balaban J connectivity index is 0. The minimum absolute atomic E-state index is 0. The highest BCUT2D eigenvalue weighted by atomic mass is 19.1. The Kier molecular flexibility index (Phi) is 10.3. The maximum atomic E-state index is 12.5. The molecule has 5 N–H and O–H groups in total. The summed E-state index contributed by atoms with van der Waals surface area (Å²) in [6, 6.07) is 10.9. The second-order valence-corrected chi connectivity index (χ2v) is 5.62. The van der Waals surface area contributed by atoms with Crippen LogP contribution in [-0.2, 0) is 0 Å². The van der Waals surface area contributed by atoms with Crippen molar-refractivity contribution in [2.45, 2.75) is 33.7 Å². The summed E-state index contributed by atoms with van der Waals surface area (Å²) in [5.41, 5.74) is 5.68. The van der Waals surface area contributed by atoms with Crippen LogP contribution in [0.25, 0.3) is 0 Å². The molecule has 6 heteroatoms. The Morgan fingerprint density at radius 1 is 0.840 bits per heavy atom. The molecule has 0 saturated carbocycles. The zero-order valence-corrected chi connectivity index (χ0v) is 14.0. The van der Waals surface area contributed by atoms with Crippen molar-refractivity contribution >= 4 is 11.6 Å². The average molecular weight is 352 g/mol. The van der Waals surface area contributed by atoms with Gasteiger partial charge in [0.15, 0.2) is 11.6 Å². The molecule has 0 bridgehead atoms. The van der Waals surface area contributed by atoms with Gasteiger partial charge in [0.2, 0.25) is 0 Å². The molecule has 0 aliphatic carbocycles. The third kappa shape index (κ3) is 8.28. The number of nitrogens with two attached hydrogens (primary N) is 1. The summed E-state index contributed by atoms with van der Waals surface area (Å²) in [5, 5.41) is 0. The number of hydrogen-bond donors (Lipinski definition) is 2. The molecule has 0 heterocycles. The van der Waals surface area contributed by atoms with Crippen LogP contribution in [0.1, 0.15) is 48.9 Å². The summed E-state index contributed by atoms with van der Waals surface area (Å²) >= 11 is 0. The molecule has 2 rings (SSSR count). The lowest BCUT2D eigenvalue weighted by atomic mass is 9.94. The molecule has 138 valence electrons. The zero-order chi connectivity index (χ0) is 17.6. The third-order valence-corrected chi connectivity index (χ3v) is 2.94. The largest absolute Gasteiger partial charge is 0.344 e. The highest BCUT2D eigenvalue weighted by molar-refractivity contribution is 6.02. The first kappa shape index (κ1) is 24.8. The maximum absolute atomic E-state index is 12.5. The van der Waals surface area contributed by atoms with Crippen LogP contribution >= 0.6 is 0 Å². The molecule has 0 atom stereocenters. The monoisotopic (exact) mass is 352 g/mol. The molecule has 0 saturated heterocycles. The molecule has 0 aliphatic heterocycles. The molecular formula is C19H26F2N2O2. The number of carbonyl (C=O) groups excluding carboxylic acids is 2. The van der Waals surface area contributed by atoms with E-state index in [-0.39, 0.29) is 36.8 Å². The summed E-state index contributed by atoms with van der Waals surface area (Å²) in [4.78, 5) is 22.2. The van der Waals surface area contributed by atoms with Crippen molar-refractivity contribution in [2.24, 2.45) is 5.73 Å². The molecule has 0 radical (unpaired) electrons. The van der Waals surface area contributed by atoms with E-state index in [0.717, 1.165) is 0 Å². The van der Waals surface area contributed by atoms with Crippen LogP contribution in [0.3, 0.4) is 0 Å². The molecule has 0 unspecified atom stereocenters. The smallest absolute Gasteiger partial charge is 0.182 e. The Morgan fingerprint density at radius 2 is 1.16 bits per heavy atom. The minimum Gasteiger partial charge on any atom is -0.344 e.